The average molecular weight is 284 g/mol. The van der Waals surface area contributed by atoms with Crippen molar-refractivity contribution in [3.8, 4) is 5.75 Å². The van der Waals surface area contributed by atoms with Gasteiger partial charge in [0.1, 0.15) is 5.75 Å². The van der Waals surface area contributed by atoms with E-state index in [4.69, 9.17) is 21.1 Å². The number of nitrogens with one attached hydrogen (secondary N) is 1. The van der Waals surface area contributed by atoms with Crippen molar-refractivity contribution >= 4 is 17.3 Å². The van der Waals surface area contributed by atoms with Gasteiger partial charge in [0.25, 0.3) is 0 Å². The molecule has 1 N–H and O–H groups in total. The summed E-state index contributed by atoms with van der Waals surface area (Å²) in [4.78, 5) is 0. The van der Waals surface area contributed by atoms with Crippen LogP contribution < -0.4 is 10.1 Å². The van der Waals surface area contributed by atoms with Crippen molar-refractivity contribution in [1.82, 2.24) is 0 Å². The molecule has 0 radical (unpaired) electrons. The lowest BCUT2D eigenvalue weighted by atomic mass is 10.00. The average Bonchev–Trinajstić information content (AvgIpc) is 2.42. The monoisotopic (exact) mass is 283 g/mol. The zero-order valence-corrected chi connectivity index (χ0v) is 12.4. The molecule has 1 aliphatic rings. The molecule has 2 rings (SSSR count). The number of ether oxygens (including phenoxy) is 2. The van der Waals surface area contributed by atoms with E-state index in [1.165, 1.54) is 0 Å². The second-order valence-corrected chi connectivity index (χ2v) is 5.40. The second-order valence-electron chi connectivity index (χ2n) is 4.99. The first-order chi connectivity index (χ1) is 9.22. The van der Waals surface area contributed by atoms with Gasteiger partial charge in [0.2, 0.25) is 0 Å². The summed E-state index contributed by atoms with van der Waals surface area (Å²) in [5.74, 6) is 0.823. The van der Waals surface area contributed by atoms with Gasteiger partial charge in [-0.1, -0.05) is 24.9 Å². The van der Waals surface area contributed by atoms with Gasteiger partial charge >= 0.3 is 0 Å². The Bertz CT molecular complexity index is 409. The SMILES string of the molecule is CCCC1CC(Nc2cc(OC)ccc2Cl)CCO1. The minimum atomic E-state index is 0.376. The third kappa shape index (κ3) is 4.02. The molecular formula is C15H22ClNO2. The predicted octanol–water partition coefficient (Wildman–Crippen LogP) is 4.11. The molecule has 1 aliphatic heterocycles. The molecule has 3 nitrogen and oxygen atoms in total. The predicted molar refractivity (Wildman–Crippen MR) is 79.3 cm³/mol. The van der Waals surface area contributed by atoms with Crippen molar-refractivity contribution in [2.45, 2.75) is 44.8 Å². The van der Waals surface area contributed by atoms with Crippen LogP contribution in [0.4, 0.5) is 5.69 Å². The molecule has 0 saturated carbocycles. The first kappa shape index (κ1) is 14.5. The highest BCUT2D eigenvalue weighted by Gasteiger charge is 2.22. The molecular weight excluding hydrogens is 262 g/mol. The summed E-state index contributed by atoms with van der Waals surface area (Å²) >= 11 is 6.22. The van der Waals surface area contributed by atoms with Crippen LogP contribution in [0.5, 0.6) is 5.75 Å². The van der Waals surface area contributed by atoms with Crippen LogP contribution in [0.15, 0.2) is 18.2 Å². The maximum atomic E-state index is 6.22. The van der Waals surface area contributed by atoms with E-state index in [0.29, 0.717) is 12.1 Å². The fraction of sp³-hybridized carbons (Fsp3) is 0.600. The van der Waals surface area contributed by atoms with Crippen molar-refractivity contribution in [3.05, 3.63) is 23.2 Å². The summed E-state index contributed by atoms with van der Waals surface area (Å²) in [7, 11) is 1.67. The van der Waals surface area contributed by atoms with E-state index in [9.17, 15) is 0 Å². The van der Waals surface area contributed by atoms with Crippen molar-refractivity contribution in [1.29, 1.82) is 0 Å². The summed E-state index contributed by atoms with van der Waals surface area (Å²) in [5, 5.41) is 4.26. The van der Waals surface area contributed by atoms with Crippen LogP contribution in [0.3, 0.4) is 0 Å². The van der Waals surface area contributed by atoms with Gasteiger partial charge < -0.3 is 14.8 Å². The van der Waals surface area contributed by atoms with Crippen LogP contribution in [0, 0.1) is 0 Å². The van der Waals surface area contributed by atoms with E-state index in [0.717, 1.165) is 48.7 Å². The molecule has 1 aromatic carbocycles. The Morgan fingerprint density at radius 1 is 1.47 bits per heavy atom. The molecule has 4 heteroatoms. The molecule has 1 aromatic rings. The summed E-state index contributed by atoms with van der Waals surface area (Å²) in [5.41, 5.74) is 0.947. The maximum Gasteiger partial charge on any atom is 0.121 e. The molecule has 106 valence electrons. The number of benzene rings is 1. The summed E-state index contributed by atoms with van der Waals surface area (Å²) < 4.78 is 11.0. The van der Waals surface area contributed by atoms with E-state index in [1.54, 1.807) is 7.11 Å². The van der Waals surface area contributed by atoms with E-state index < -0.39 is 0 Å². The summed E-state index contributed by atoms with van der Waals surface area (Å²) in [6, 6.07) is 6.12. The number of methoxy groups -OCH3 is 1. The number of anilines is 1. The van der Waals surface area contributed by atoms with Gasteiger partial charge in [-0.3, -0.25) is 0 Å². The molecule has 0 bridgehead atoms. The third-order valence-corrected chi connectivity index (χ3v) is 3.84. The lowest BCUT2D eigenvalue weighted by molar-refractivity contribution is 0.00598. The Hall–Kier alpha value is -0.930. The fourth-order valence-electron chi connectivity index (χ4n) is 2.50. The minimum Gasteiger partial charge on any atom is -0.497 e. The van der Waals surface area contributed by atoms with Gasteiger partial charge in [0, 0.05) is 18.7 Å². The van der Waals surface area contributed by atoms with Crippen LogP contribution in [0.25, 0.3) is 0 Å². The molecule has 0 amide bonds. The topological polar surface area (TPSA) is 30.5 Å². The molecule has 2 unspecified atom stereocenters. The highest BCUT2D eigenvalue weighted by atomic mass is 35.5. The molecule has 19 heavy (non-hydrogen) atoms. The van der Waals surface area contributed by atoms with Crippen molar-refractivity contribution in [3.63, 3.8) is 0 Å². The van der Waals surface area contributed by atoms with Crippen LogP contribution in [-0.4, -0.2) is 25.9 Å². The Balaban J connectivity index is 2.00. The quantitative estimate of drug-likeness (QED) is 0.882. The Kier molecular flexibility index (Phi) is 5.34. The molecule has 1 heterocycles. The summed E-state index contributed by atoms with van der Waals surface area (Å²) in [6.07, 6.45) is 4.73. The number of rotatable bonds is 5. The van der Waals surface area contributed by atoms with Gasteiger partial charge in [0.05, 0.1) is 23.9 Å². The molecule has 0 spiro atoms. The van der Waals surface area contributed by atoms with Gasteiger partial charge in [-0.25, -0.2) is 0 Å². The standard InChI is InChI=1S/C15H22ClNO2/c1-3-4-13-9-11(7-8-19-13)17-15-10-12(18-2)5-6-14(15)16/h5-6,10-11,13,17H,3-4,7-9H2,1-2H3. The maximum absolute atomic E-state index is 6.22. The Morgan fingerprint density at radius 3 is 3.05 bits per heavy atom. The van der Waals surface area contributed by atoms with Crippen LogP contribution in [0.1, 0.15) is 32.6 Å². The zero-order chi connectivity index (χ0) is 13.7. The smallest absolute Gasteiger partial charge is 0.121 e. The highest BCUT2D eigenvalue weighted by Crippen LogP contribution is 2.29. The zero-order valence-electron chi connectivity index (χ0n) is 11.6. The fourth-order valence-corrected chi connectivity index (χ4v) is 2.67. The van der Waals surface area contributed by atoms with Crippen LogP contribution >= 0.6 is 11.6 Å². The number of hydrogen-bond donors (Lipinski definition) is 1. The van der Waals surface area contributed by atoms with E-state index in [1.807, 2.05) is 18.2 Å². The Labute approximate surface area is 120 Å². The molecule has 1 fully saturated rings. The van der Waals surface area contributed by atoms with Crippen LogP contribution in [-0.2, 0) is 4.74 Å². The Morgan fingerprint density at radius 2 is 2.32 bits per heavy atom. The highest BCUT2D eigenvalue weighted by molar-refractivity contribution is 6.33. The van der Waals surface area contributed by atoms with Crippen molar-refractivity contribution in [2.75, 3.05) is 19.0 Å². The van der Waals surface area contributed by atoms with E-state index >= 15 is 0 Å². The van der Waals surface area contributed by atoms with Crippen molar-refractivity contribution in [2.24, 2.45) is 0 Å². The number of halogens is 1. The van der Waals surface area contributed by atoms with Gasteiger partial charge in [-0.2, -0.15) is 0 Å². The third-order valence-electron chi connectivity index (χ3n) is 3.51. The second kappa shape index (κ2) is 7.01. The summed E-state index contributed by atoms with van der Waals surface area (Å²) in [6.45, 7) is 3.02. The van der Waals surface area contributed by atoms with Crippen molar-refractivity contribution < 1.29 is 9.47 Å². The van der Waals surface area contributed by atoms with Gasteiger partial charge in [-0.15, -0.1) is 0 Å². The first-order valence-electron chi connectivity index (χ1n) is 6.94. The minimum absolute atomic E-state index is 0.376. The number of hydrogen-bond acceptors (Lipinski definition) is 3. The lowest BCUT2D eigenvalue weighted by Gasteiger charge is -2.31. The molecule has 1 saturated heterocycles. The van der Waals surface area contributed by atoms with Gasteiger partial charge in [0.15, 0.2) is 0 Å². The molecule has 0 aromatic heterocycles. The van der Waals surface area contributed by atoms with E-state index in [-0.39, 0.29) is 0 Å². The van der Waals surface area contributed by atoms with Crippen LogP contribution in [0.2, 0.25) is 5.02 Å². The largest absolute Gasteiger partial charge is 0.497 e. The molecule has 0 aliphatic carbocycles. The van der Waals surface area contributed by atoms with Gasteiger partial charge in [-0.05, 0) is 31.4 Å². The normalized spacial score (nSPS) is 23.1. The lowest BCUT2D eigenvalue weighted by Crippen LogP contribution is -2.34. The first-order valence-corrected chi connectivity index (χ1v) is 7.32. The molecule has 2 atom stereocenters. The van der Waals surface area contributed by atoms with E-state index in [2.05, 4.69) is 12.2 Å².